The number of carbonyl (C=O) groups is 2. The Morgan fingerprint density at radius 2 is 1.96 bits per heavy atom. The lowest BCUT2D eigenvalue weighted by Gasteiger charge is -2.17. The number of hydrogen-bond acceptors (Lipinski definition) is 4. The normalized spacial score (nSPS) is 9.88. The highest BCUT2D eigenvalue weighted by Crippen LogP contribution is 2.24. The van der Waals surface area contributed by atoms with Crippen molar-refractivity contribution in [1.29, 1.82) is 5.26 Å². The molecule has 0 saturated carbocycles. The van der Waals surface area contributed by atoms with Crippen LogP contribution in [0.3, 0.4) is 0 Å². The first-order chi connectivity index (χ1) is 11.5. The van der Waals surface area contributed by atoms with Gasteiger partial charge in [0.25, 0.3) is 5.91 Å². The number of benzene rings is 2. The zero-order valence-electron chi connectivity index (χ0n) is 13.4. The first-order valence-corrected chi connectivity index (χ1v) is 8.46. The number of nitriles is 1. The Bertz CT molecular complexity index is 799. The summed E-state index contributed by atoms with van der Waals surface area (Å²) in [4.78, 5) is 26.8. The number of nitrogens with zero attached hydrogens (tertiary/aromatic N) is 2. The summed E-state index contributed by atoms with van der Waals surface area (Å²) >= 11 is 1.54. The Kier molecular flexibility index (Phi) is 5.99. The molecular formula is C18H17N3O2S. The lowest BCUT2D eigenvalue weighted by atomic mass is 10.1. The van der Waals surface area contributed by atoms with Crippen molar-refractivity contribution in [2.24, 2.45) is 0 Å². The summed E-state index contributed by atoms with van der Waals surface area (Å²) in [5.41, 5.74) is 1.52. The molecule has 0 heterocycles. The van der Waals surface area contributed by atoms with E-state index in [4.69, 9.17) is 5.26 Å². The van der Waals surface area contributed by atoms with Gasteiger partial charge in [0, 0.05) is 17.5 Å². The molecule has 0 saturated heterocycles. The molecule has 2 aromatic rings. The Hall–Kier alpha value is -2.78. The van der Waals surface area contributed by atoms with Gasteiger partial charge in [0.05, 0.1) is 23.9 Å². The molecule has 0 bridgehead atoms. The van der Waals surface area contributed by atoms with Crippen molar-refractivity contribution in [2.75, 3.05) is 25.2 Å². The fourth-order valence-electron chi connectivity index (χ4n) is 2.17. The van der Waals surface area contributed by atoms with Crippen LogP contribution < -0.4 is 5.32 Å². The van der Waals surface area contributed by atoms with E-state index < -0.39 is 0 Å². The van der Waals surface area contributed by atoms with Gasteiger partial charge in [-0.05, 0) is 36.6 Å². The summed E-state index contributed by atoms with van der Waals surface area (Å²) in [5.74, 6) is -0.579. The maximum Gasteiger partial charge on any atom is 0.254 e. The van der Waals surface area contributed by atoms with Crippen molar-refractivity contribution >= 4 is 29.3 Å². The van der Waals surface area contributed by atoms with Crippen molar-refractivity contribution < 1.29 is 9.59 Å². The van der Waals surface area contributed by atoms with Gasteiger partial charge in [-0.1, -0.05) is 18.2 Å². The van der Waals surface area contributed by atoms with Crippen LogP contribution in [0.15, 0.2) is 53.4 Å². The highest BCUT2D eigenvalue weighted by molar-refractivity contribution is 7.98. The first kappa shape index (κ1) is 17.6. The van der Waals surface area contributed by atoms with E-state index in [1.54, 1.807) is 25.2 Å². The summed E-state index contributed by atoms with van der Waals surface area (Å²) in [6, 6.07) is 15.9. The lowest BCUT2D eigenvalue weighted by Crippen LogP contribution is -2.35. The largest absolute Gasteiger partial charge is 0.332 e. The number of anilines is 1. The van der Waals surface area contributed by atoms with Crippen molar-refractivity contribution in [3.05, 3.63) is 59.7 Å². The van der Waals surface area contributed by atoms with E-state index >= 15 is 0 Å². The molecule has 0 aliphatic carbocycles. The molecule has 6 heteroatoms. The highest BCUT2D eigenvalue weighted by Gasteiger charge is 2.16. The van der Waals surface area contributed by atoms with Crippen molar-refractivity contribution in [3.63, 3.8) is 0 Å². The monoisotopic (exact) mass is 339 g/mol. The number of rotatable bonds is 5. The van der Waals surface area contributed by atoms with Gasteiger partial charge < -0.3 is 10.2 Å². The molecule has 2 rings (SSSR count). The Morgan fingerprint density at radius 3 is 2.67 bits per heavy atom. The van der Waals surface area contributed by atoms with E-state index in [0.29, 0.717) is 11.1 Å². The molecule has 2 amide bonds. The first-order valence-electron chi connectivity index (χ1n) is 7.23. The van der Waals surface area contributed by atoms with Crippen LogP contribution in [0.2, 0.25) is 0 Å². The van der Waals surface area contributed by atoms with E-state index in [0.717, 1.165) is 10.6 Å². The molecular weight excluding hydrogens is 322 g/mol. The molecule has 0 aliphatic rings. The minimum absolute atomic E-state index is 0.0711. The SMILES string of the molecule is CSc1ccccc1NC(=O)CN(C)C(=O)c1cccc(C#N)c1. The highest BCUT2D eigenvalue weighted by atomic mass is 32.2. The molecule has 122 valence electrons. The number of thioether (sulfide) groups is 1. The third-order valence-electron chi connectivity index (χ3n) is 3.35. The Balaban J connectivity index is 2.03. The topological polar surface area (TPSA) is 73.2 Å². The van der Waals surface area contributed by atoms with Crippen LogP contribution >= 0.6 is 11.8 Å². The zero-order chi connectivity index (χ0) is 17.5. The van der Waals surface area contributed by atoms with Gasteiger partial charge in [0.2, 0.25) is 5.91 Å². The van der Waals surface area contributed by atoms with E-state index in [2.05, 4.69) is 5.32 Å². The standard InChI is InChI=1S/C18H17N3O2S/c1-21(18(23)14-7-5-6-13(10-14)11-19)12-17(22)20-15-8-3-4-9-16(15)24-2/h3-10H,12H2,1-2H3,(H,20,22). The second kappa shape index (κ2) is 8.18. The van der Waals surface area contributed by atoms with Gasteiger partial charge >= 0.3 is 0 Å². The van der Waals surface area contributed by atoms with Crippen LogP contribution in [0.25, 0.3) is 0 Å². The summed E-state index contributed by atoms with van der Waals surface area (Å²) in [6.45, 7) is -0.0711. The van der Waals surface area contributed by atoms with E-state index in [1.807, 2.05) is 36.6 Å². The predicted molar refractivity (Wildman–Crippen MR) is 95.0 cm³/mol. The molecule has 0 spiro atoms. The number of amides is 2. The van der Waals surface area contributed by atoms with Gasteiger partial charge in [-0.25, -0.2) is 0 Å². The smallest absolute Gasteiger partial charge is 0.254 e. The molecule has 0 fully saturated rings. The van der Waals surface area contributed by atoms with Crippen LogP contribution in [-0.2, 0) is 4.79 Å². The average Bonchev–Trinajstić information content (AvgIpc) is 2.61. The number of carbonyl (C=O) groups excluding carboxylic acids is 2. The summed E-state index contributed by atoms with van der Waals surface area (Å²) in [7, 11) is 1.56. The van der Waals surface area contributed by atoms with Crippen LogP contribution in [0.4, 0.5) is 5.69 Å². The van der Waals surface area contributed by atoms with Crippen LogP contribution in [0, 0.1) is 11.3 Å². The van der Waals surface area contributed by atoms with Gasteiger partial charge in [-0.3, -0.25) is 9.59 Å². The lowest BCUT2D eigenvalue weighted by molar-refractivity contribution is -0.116. The molecule has 0 aromatic heterocycles. The van der Waals surface area contributed by atoms with Crippen LogP contribution in [0.1, 0.15) is 15.9 Å². The Morgan fingerprint density at radius 1 is 1.21 bits per heavy atom. The van der Waals surface area contributed by atoms with Gasteiger partial charge in [0.15, 0.2) is 0 Å². The molecule has 0 radical (unpaired) electrons. The van der Waals surface area contributed by atoms with Crippen LogP contribution in [0.5, 0.6) is 0 Å². The van der Waals surface area contributed by atoms with Gasteiger partial charge in [0.1, 0.15) is 0 Å². The van der Waals surface area contributed by atoms with Crippen molar-refractivity contribution in [3.8, 4) is 6.07 Å². The van der Waals surface area contributed by atoms with Gasteiger partial charge in [-0.15, -0.1) is 11.8 Å². The molecule has 1 N–H and O–H groups in total. The number of para-hydroxylation sites is 1. The minimum Gasteiger partial charge on any atom is -0.332 e. The zero-order valence-corrected chi connectivity index (χ0v) is 14.3. The maximum absolute atomic E-state index is 12.4. The predicted octanol–water partition coefficient (Wildman–Crippen LogP) is 2.99. The fraction of sp³-hybridized carbons (Fsp3) is 0.167. The molecule has 2 aromatic carbocycles. The van der Waals surface area contributed by atoms with E-state index in [1.165, 1.54) is 22.7 Å². The molecule has 0 unspecified atom stereocenters. The van der Waals surface area contributed by atoms with E-state index in [-0.39, 0.29) is 18.4 Å². The fourth-order valence-corrected chi connectivity index (χ4v) is 2.72. The van der Waals surface area contributed by atoms with Crippen LogP contribution in [-0.4, -0.2) is 36.6 Å². The second-order valence-electron chi connectivity index (χ2n) is 5.10. The van der Waals surface area contributed by atoms with E-state index in [9.17, 15) is 9.59 Å². The number of nitrogens with one attached hydrogen (secondary N) is 1. The summed E-state index contributed by atoms with van der Waals surface area (Å²) < 4.78 is 0. The Labute approximate surface area is 145 Å². The maximum atomic E-state index is 12.4. The van der Waals surface area contributed by atoms with Crippen molar-refractivity contribution in [1.82, 2.24) is 4.90 Å². The number of hydrogen-bond donors (Lipinski definition) is 1. The minimum atomic E-state index is -0.305. The second-order valence-corrected chi connectivity index (χ2v) is 5.95. The van der Waals surface area contributed by atoms with Crippen molar-refractivity contribution in [2.45, 2.75) is 4.90 Å². The molecule has 24 heavy (non-hydrogen) atoms. The third kappa shape index (κ3) is 4.37. The number of likely N-dealkylation sites (N-methyl/N-ethyl adjacent to an activating group) is 1. The molecule has 0 aliphatic heterocycles. The third-order valence-corrected chi connectivity index (χ3v) is 4.14. The molecule has 5 nitrogen and oxygen atoms in total. The quantitative estimate of drug-likeness (QED) is 0.850. The molecule has 0 atom stereocenters. The average molecular weight is 339 g/mol. The summed E-state index contributed by atoms with van der Waals surface area (Å²) in [6.07, 6.45) is 1.93. The van der Waals surface area contributed by atoms with Gasteiger partial charge in [-0.2, -0.15) is 5.26 Å². The summed E-state index contributed by atoms with van der Waals surface area (Å²) in [5, 5.41) is 11.7.